The molecule has 1 heterocycles. The van der Waals surface area contributed by atoms with Crippen LogP contribution in [0.1, 0.15) is 0 Å². The quantitative estimate of drug-likeness (QED) is 0.819. The van der Waals surface area contributed by atoms with Crippen molar-refractivity contribution >= 4 is 5.69 Å². The molecule has 0 spiro atoms. The molecule has 0 aromatic heterocycles. The maximum absolute atomic E-state index is 5.78. The van der Waals surface area contributed by atoms with E-state index in [1.54, 1.807) is 7.11 Å². The standard InChI is InChI=1S/C19H24N2O2/c1-22-19-10-6-5-9-18(19)21-13-11-20(12-14-21)15-16-23-17-7-3-2-4-8-17/h2-10H,11-16H2,1H3. The van der Waals surface area contributed by atoms with E-state index in [-0.39, 0.29) is 0 Å². The monoisotopic (exact) mass is 312 g/mol. The van der Waals surface area contributed by atoms with Crippen molar-refractivity contribution in [1.29, 1.82) is 0 Å². The van der Waals surface area contributed by atoms with Gasteiger partial charge in [-0.2, -0.15) is 0 Å². The fourth-order valence-corrected chi connectivity index (χ4v) is 2.91. The third kappa shape index (κ3) is 4.17. The zero-order chi connectivity index (χ0) is 15.9. The second-order valence-electron chi connectivity index (χ2n) is 5.66. The summed E-state index contributed by atoms with van der Waals surface area (Å²) < 4.78 is 11.2. The number of benzene rings is 2. The van der Waals surface area contributed by atoms with E-state index >= 15 is 0 Å². The Morgan fingerprint density at radius 3 is 2.30 bits per heavy atom. The highest BCUT2D eigenvalue weighted by Crippen LogP contribution is 2.28. The van der Waals surface area contributed by atoms with Crippen molar-refractivity contribution in [1.82, 2.24) is 4.90 Å². The predicted octanol–water partition coefficient (Wildman–Crippen LogP) is 2.90. The van der Waals surface area contributed by atoms with Gasteiger partial charge in [-0.05, 0) is 24.3 Å². The molecular formula is C19H24N2O2. The van der Waals surface area contributed by atoms with E-state index in [9.17, 15) is 0 Å². The highest BCUT2D eigenvalue weighted by Gasteiger charge is 2.19. The van der Waals surface area contributed by atoms with Crippen LogP contribution in [0.4, 0.5) is 5.69 Å². The first kappa shape index (κ1) is 15.7. The SMILES string of the molecule is COc1ccccc1N1CCN(CCOc2ccccc2)CC1. The van der Waals surface area contributed by atoms with E-state index in [0.29, 0.717) is 0 Å². The van der Waals surface area contributed by atoms with Crippen molar-refractivity contribution < 1.29 is 9.47 Å². The molecule has 0 amide bonds. The van der Waals surface area contributed by atoms with Gasteiger partial charge < -0.3 is 14.4 Å². The molecule has 2 aromatic carbocycles. The highest BCUT2D eigenvalue weighted by atomic mass is 16.5. The summed E-state index contributed by atoms with van der Waals surface area (Å²) in [6.45, 7) is 5.84. The minimum atomic E-state index is 0.735. The Morgan fingerprint density at radius 2 is 1.57 bits per heavy atom. The van der Waals surface area contributed by atoms with E-state index in [1.807, 2.05) is 42.5 Å². The number of hydrogen-bond donors (Lipinski definition) is 0. The maximum Gasteiger partial charge on any atom is 0.142 e. The number of methoxy groups -OCH3 is 1. The minimum Gasteiger partial charge on any atom is -0.495 e. The Kier molecular flexibility index (Phi) is 5.37. The van der Waals surface area contributed by atoms with Crippen molar-refractivity contribution in [2.24, 2.45) is 0 Å². The summed E-state index contributed by atoms with van der Waals surface area (Å²) in [6, 6.07) is 18.2. The number of anilines is 1. The first-order chi connectivity index (χ1) is 11.4. The largest absolute Gasteiger partial charge is 0.495 e. The Hall–Kier alpha value is -2.20. The first-order valence-corrected chi connectivity index (χ1v) is 8.15. The van der Waals surface area contributed by atoms with Crippen LogP contribution in [0.15, 0.2) is 54.6 Å². The summed E-state index contributed by atoms with van der Waals surface area (Å²) in [5.74, 6) is 1.90. The van der Waals surface area contributed by atoms with Crippen LogP contribution in [0, 0.1) is 0 Å². The van der Waals surface area contributed by atoms with Crippen LogP contribution in [0.25, 0.3) is 0 Å². The fraction of sp³-hybridized carbons (Fsp3) is 0.368. The van der Waals surface area contributed by atoms with Gasteiger partial charge in [0.15, 0.2) is 0 Å². The molecule has 1 fully saturated rings. The second-order valence-corrected chi connectivity index (χ2v) is 5.66. The topological polar surface area (TPSA) is 24.9 Å². The number of hydrogen-bond acceptors (Lipinski definition) is 4. The predicted molar refractivity (Wildman–Crippen MR) is 93.6 cm³/mol. The van der Waals surface area contributed by atoms with E-state index in [2.05, 4.69) is 21.9 Å². The summed E-state index contributed by atoms with van der Waals surface area (Å²) >= 11 is 0. The van der Waals surface area contributed by atoms with E-state index in [4.69, 9.17) is 9.47 Å². The average Bonchev–Trinajstić information content (AvgIpc) is 2.63. The van der Waals surface area contributed by atoms with Gasteiger partial charge >= 0.3 is 0 Å². The zero-order valence-electron chi connectivity index (χ0n) is 13.6. The van der Waals surface area contributed by atoms with Gasteiger partial charge in [-0.1, -0.05) is 30.3 Å². The van der Waals surface area contributed by atoms with Crippen LogP contribution >= 0.6 is 0 Å². The molecule has 122 valence electrons. The Morgan fingerprint density at radius 1 is 0.870 bits per heavy atom. The summed E-state index contributed by atoms with van der Waals surface area (Å²) in [6.07, 6.45) is 0. The van der Waals surface area contributed by atoms with E-state index < -0.39 is 0 Å². The van der Waals surface area contributed by atoms with E-state index in [0.717, 1.165) is 50.8 Å². The van der Waals surface area contributed by atoms with Crippen molar-refractivity contribution in [3.63, 3.8) is 0 Å². The van der Waals surface area contributed by atoms with Crippen LogP contribution in [0.2, 0.25) is 0 Å². The van der Waals surface area contributed by atoms with Gasteiger partial charge in [0.25, 0.3) is 0 Å². The van der Waals surface area contributed by atoms with Crippen molar-refractivity contribution in [3.05, 3.63) is 54.6 Å². The number of para-hydroxylation sites is 3. The lowest BCUT2D eigenvalue weighted by Crippen LogP contribution is -2.47. The molecule has 1 saturated heterocycles. The van der Waals surface area contributed by atoms with Crippen molar-refractivity contribution in [3.8, 4) is 11.5 Å². The molecule has 0 radical (unpaired) electrons. The number of rotatable bonds is 6. The third-order valence-electron chi connectivity index (χ3n) is 4.22. The van der Waals surface area contributed by atoms with Crippen LogP contribution in [-0.4, -0.2) is 51.3 Å². The first-order valence-electron chi connectivity index (χ1n) is 8.15. The van der Waals surface area contributed by atoms with E-state index in [1.165, 1.54) is 5.69 Å². The molecule has 0 atom stereocenters. The van der Waals surface area contributed by atoms with Crippen LogP contribution in [0.3, 0.4) is 0 Å². The minimum absolute atomic E-state index is 0.735. The Bertz CT molecular complexity index is 595. The summed E-state index contributed by atoms with van der Waals surface area (Å²) in [5.41, 5.74) is 1.19. The maximum atomic E-state index is 5.78. The van der Waals surface area contributed by atoms with Gasteiger partial charge in [-0.3, -0.25) is 4.90 Å². The molecule has 0 saturated carbocycles. The van der Waals surface area contributed by atoms with Gasteiger partial charge in [0.1, 0.15) is 18.1 Å². The molecule has 4 heteroatoms. The zero-order valence-corrected chi connectivity index (χ0v) is 13.6. The highest BCUT2D eigenvalue weighted by molar-refractivity contribution is 5.58. The van der Waals surface area contributed by atoms with Crippen LogP contribution in [0.5, 0.6) is 11.5 Å². The Balaban J connectivity index is 1.45. The lowest BCUT2D eigenvalue weighted by molar-refractivity contribution is 0.200. The third-order valence-corrected chi connectivity index (χ3v) is 4.22. The molecule has 23 heavy (non-hydrogen) atoms. The lowest BCUT2D eigenvalue weighted by atomic mass is 10.2. The average molecular weight is 312 g/mol. The van der Waals surface area contributed by atoms with Crippen molar-refractivity contribution in [2.75, 3.05) is 51.3 Å². The molecule has 0 bridgehead atoms. The molecular weight excluding hydrogens is 288 g/mol. The molecule has 0 N–H and O–H groups in total. The molecule has 3 rings (SSSR count). The molecule has 2 aromatic rings. The smallest absolute Gasteiger partial charge is 0.142 e. The van der Waals surface area contributed by atoms with Gasteiger partial charge in [-0.25, -0.2) is 0 Å². The summed E-state index contributed by atoms with van der Waals surface area (Å²) in [4.78, 5) is 4.85. The van der Waals surface area contributed by atoms with Gasteiger partial charge in [0, 0.05) is 32.7 Å². The molecule has 0 unspecified atom stereocenters. The molecule has 0 aliphatic carbocycles. The second kappa shape index (κ2) is 7.88. The molecule has 1 aliphatic rings. The van der Waals surface area contributed by atoms with Gasteiger partial charge in [0.2, 0.25) is 0 Å². The number of ether oxygens (including phenoxy) is 2. The molecule has 1 aliphatic heterocycles. The summed E-state index contributed by atoms with van der Waals surface area (Å²) in [7, 11) is 1.73. The Labute approximate surface area is 138 Å². The normalized spacial score (nSPS) is 15.4. The molecule has 4 nitrogen and oxygen atoms in total. The van der Waals surface area contributed by atoms with Crippen molar-refractivity contribution in [2.45, 2.75) is 0 Å². The lowest BCUT2D eigenvalue weighted by Gasteiger charge is -2.36. The summed E-state index contributed by atoms with van der Waals surface area (Å²) in [5, 5.41) is 0. The van der Waals surface area contributed by atoms with Gasteiger partial charge in [0.05, 0.1) is 12.8 Å². The van der Waals surface area contributed by atoms with Crippen LogP contribution in [-0.2, 0) is 0 Å². The van der Waals surface area contributed by atoms with Crippen LogP contribution < -0.4 is 14.4 Å². The number of piperazine rings is 1. The number of nitrogens with zero attached hydrogens (tertiary/aromatic N) is 2. The van der Waals surface area contributed by atoms with Gasteiger partial charge in [-0.15, -0.1) is 0 Å². The fourth-order valence-electron chi connectivity index (χ4n) is 2.91.